The maximum Gasteiger partial charge on any atom is 0.133 e. The van der Waals surface area contributed by atoms with Crippen molar-refractivity contribution in [1.29, 1.82) is 0 Å². The Labute approximate surface area is 89.5 Å². The zero-order valence-corrected chi connectivity index (χ0v) is 8.93. The second kappa shape index (κ2) is 6.33. The van der Waals surface area contributed by atoms with Crippen LogP contribution in [-0.2, 0) is 0 Å². The smallest absolute Gasteiger partial charge is 0.133 e. The SMILES string of the molecule is C=CCOc1ccccc1SCC=C. The summed E-state index contributed by atoms with van der Waals surface area (Å²) in [5.41, 5.74) is 0. The van der Waals surface area contributed by atoms with Gasteiger partial charge in [-0.2, -0.15) is 0 Å². The summed E-state index contributed by atoms with van der Waals surface area (Å²) in [6.45, 7) is 7.86. The van der Waals surface area contributed by atoms with Crippen LogP contribution < -0.4 is 4.74 Å². The lowest BCUT2D eigenvalue weighted by Crippen LogP contribution is -1.94. The molecule has 0 heterocycles. The van der Waals surface area contributed by atoms with Crippen LogP contribution in [0.2, 0.25) is 0 Å². The fourth-order valence-electron chi connectivity index (χ4n) is 0.986. The largest absolute Gasteiger partial charge is 0.488 e. The molecule has 2 heteroatoms. The summed E-state index contributed by atoms with van der Waals surface area (Å²) in [6, 6.07) is 7.99. The Hall–Kier alpha value is -1.15. The van der Waals surface area contributed by atoms with Crippen LogP contribution in [0.4, 0.5) is 0 Å². The van der Waals surface area contributed by atoms with Crippen molar-refractivity contribution in [2.75, 3.05) is 12.4 Å². The van der Waals surface area contributed by atoms with Gasteiger partial charge in [0.15, 0.2) is 0 Å². The van der Waals surface area contributed by atoms with Gasteiger partial charge in [0.25, 0.3) is 0 Å². The second-order valence-corrected chi connectivity index (χ2v) is 3.71. The highest BCUT2D eigenvalue weighted by molar-refractivity contribution is 7.99. The maximum atomic E-state index is 5.51. The molecule has 1 nitrogen and oxygen atoms in total. The van der Waals surface area contributed by atoms with Gasteiger partial charge in [-0.25, -0.2) is 0 Å². The summed E-state index contributed by atoms with van der Waals surface area (Å²) in [6.07, 6.45) is 3.63. The van der Waals surface area contributed by atoms with Crippen LogP contribution in [0, 0.1) is 0 Å². The molecule has 0 atom stereocenters. The Bertz CT molecular complexity index is 276. The predicted octanol–water partition coefficient (Wildman–Crippen LogP) is 3.53. The molecule has 0 saturated carbocycles. The summed E-state index contributed by atoms with van der Waals surface area (Å²) in [4.78, 5) is 1.15. The number of hydrogen-bond acceptors (Lipinski definition) is 2. The van der Waals surface area contributed by atoms with E-state index in [1.807, 2.05) is 30.3 Å². The van der Waals surface area contributed by atoms with E-state index in [1.54, 1.807) is 17.8 Å². The van der Waals surface area contributed by atoms with E-state index in [1.165, 1.54) is 0 Å². The van der Waals surface area contributed by atoms with E-state index in [4.69, 9.17) is 4.74 Å². The van der Waals surface area contributed by atoms with Gasteiger partial charge in [0, 0.05) is 10.6 Å². The summed E-state index contributed by atoms with van der Waals surface area (Å²) in [5, 5.41) is 0. The molecule has 0 bridgehead atoms. The van der Waals surface area contributed by atoms with Gasteiger partial charge in [-0.3, -0.25) is 0 Å². The van der Waals surface area contributed by atoms with Crippen molar-refractivity contribution in [1.82, 2.24) is 0 Å². The minimum atomic E-state index is 0.547. The van der Waals surface area contributed by atoms with Gasteiger partial charge in [0.1, 0.15) is 12.4 Å². The zero-order chi connectivity index (χ0) is 10.2. The van der Waals surface area contributed by atoms with Crippen molar-refractivity contribution in [3.63, 3.8) is 0 Å². The Morgan fingerprint density at radius 1 is 1.21 bits per heavy atom. The lowest BCUT2D eigenvalue weighted by atomic mass is 10.3. The molecule has 1 aromatic rings. The van der Waals surface area contributed by atoms with Crippen molar-refractivity contribution in [3.8, 4) is 5.75 Å². The average Bonchev–Trinajstić information content (AvgIpc) is 2.24. The number of hydrogen-bond donors (Lipinski definition) is 0. The Balaban J connectivity index is 2.68. The highest BCUT2D eigenvalue weighted by atomic mass is 32.2. The molecule has 0 N–H and O–H groups in total. The lowest BCUT2D eigenvalue weighted by molar-refractivity contribution is 0.354. The van der Waals surface area contributed by atoms with E-state index >= 15 is 0 Å². The van der Waals surface area contributed by atoms with Crippen molar-refractivity contribution >= 4 is 11.8 Å². The average molecular weight is 206 g/mol. The highest BCUT2D eigenvalue weighted by Crippen LogP contribution is 2.28. The van der Waals surface area contributed by atoms with Gasteiger partial charge < -0.3 is 4.74 Å². The molecule has 0 radical (unpaired) electrons. The van der Waals surface area contributed by atoms with Crippen molar-refractivity contribution in [2.45, 2.75) is 4.90 Å². The van der Waals surface area contributed by atoms with Gasteiger partial charge in [-0.1, -0.05) is 30.9 Å². The van der Waals surface area contributed by atoms with E-state index in [2.05, 4.69) is 13.2 Å². The normalized spacial score (nSPS) is 9.43. The highest BCUT2D eigenvalue weighted by Gasteiger charge is 2.00. The van der Waals surface area contributed by atoms with Gasteiger partial charge in [-0.15, -0.1) is 18.3 Å². The molecule has 0 unspecified atom stereocenters. The predicted molar refractivity (Wildman–Crippen MR) is 63.1 cm³/mol. The molecule has 0 saturated heterocycles. The molecular formula is C12H14OS. The third-order valence-electron chi connectivity index (χ3n) is 1.56. The summed E-state index contributed by atoms with van der Waals surface area (Å²) < 4.78 is 5.51. The third kappa shape index (κ3) is 3.30. The fourth-order valence-corrected chi connectivity index (χ4v) is 1.73. The first kappa shape index (κ1) is 10.9. The van der Waals surface area contributed by atoms with Crippen LogP contribution in [0.25, 0.3) is 0 Å². The molecule has 14 heavy (non-hydrogen) atoms. The molecule has 0 aliphatic carbocycles. The van der Waals surface area contributed by atoms with Crippen LogP contribution >= 0.6 is 11.8 Å². The van der Waals surface area contributed by atoms with E-state index in [-0.39, 0.29) is 0 Å². The Kier molecular flexibility index (Phi) is 4.94. The molecule has 0 aromatic heterocycles. The summed E-state index contributed by atoms with van der Waals surface area (Å²) >= 11 is 1.72. The van der Waals surface area contributed by atoms with Gasteiger partial charge in [-0.05, 0) is 12.1 Å². The molecule has 0 amide bonds. The van der Waals surface area contributed by atoms with Crippen molar-refractivity contribution < 1.29 is 4.74 Å². The standard InChI is InChI=1S/C12H14OS/c1-3-9-13-11-7-5-6-8-12(11)14-10-4-2/h3-8H,1-2,9-10H2. The van der Waals surface area contributed by atoms with Crippen molar-refractivity contribution in [3.05, 3.63) is 49.6 Å². The third-order valence-corrected chi connectivity index (χ3v) is 2.61. The molecular weight excluding hydrogens is 192 g/mol. The van der Waals surface area contributed by atoms with E-state index in [0.717, 1.165) is 16.4 Å². The first-order valence-electron chi connectivity index (χ1n) is 4.45. The van der Waals surface area contributed by atoms with Crippen LogP contribution in [-0.4, -0.2) is 12.4 Å². The second-order valence-electron chi connectivity index (χ2n) is 2.65. The summed E-state index contributed by atoms with van der Waals surface area (Å²) in [5.74, 6) is 1.81. The lowest BCUT2D eigenvalue weighted by Gasteiger charge is -2.08. The zero-order valence-electron chi connectivity index (χ0n) is 8.11. The van der Waals surface area contributed by atoms with Crippen LogP contribution in [0.1, 0.15) is 0 Å². The maximum absolute atomic E-state index is 5.51. The Morgan fingerprint density at radius 2 is 2.00 bits per heavy atom. The van der Waals surface area contributed by atoms with E-state index < -0.39 is 0 Å². The number of rotatable bonds is 6. The quantitative estimate of drug-likeness (QED) is 0.520. The monoisotopic (exact) mass is 206 g/mol. The topological polar surface area (TPSA) is 9.23 Å². The number of benzene rings is 1. The van der Waals surface area contributed by atoms with Crippen LogP contribution in [0.3, 0.4) is 0 Å². The molecule has 1 aromatic carbocycles. The summed E-state index contributed by atoms with van der Waals surface area (Å²) in [7, 11) is 0. The van der Waals surface area contributed by atoms with Crippen LogP contribution in [0.5, 0.6) is 5.75 Å². The minimum absolute atomic E-state index is 0.547. The number of para-hydroxylation sites is 1. The van der Waals surface area contributed by atoms with Crippen LogP contribution in [0.15, 0.2) is 54.5 Å². The fraction of sp³-hybridized carbons (Fsp3) is 0.167. The van der Waals surface area contributed by atoms with E-state index in [9.17, 15) is 0 Å². The molecule has 0 aliphatic rings. The molecule has 0 aliphatic heterocycles. The molecule has 0 fully saturated rings. The number of ether oxygens (including phenoxy) is 1. The Morgan fingerprint density at radius 3 is 2.71 bits per heavy atom. The van der Waals surface area contributed by atoms with Gasteiger partial charge in [0.05, 0.1) is 0 Å². The molecule has 74 valence electrons. The van der Waals surface area contributed by atoms with E-state index in [0.29, 0.717) is 6.61 Å². The first-order chi connectivity index (χ1) is 6.88. The van der Waals surface area contributed by atoms with Gasteiger partial charge in [0.2, 0.25) is 0 Å². The molecule has 0 spiro atoms. The molecule has 1 rings (SSSR count). The first-order valence-corrected chi connectivity index (χ1v) is 5.43. The van der Waals surface area contributed by atoms with Crippen molar-refractivity contribution in [2.24, 2.45) is 0 Å². The number of thioether (sulfide) groups is 1. The minimum Gasteiger partial charge on any atom is -0.488 e. The van der Waals surface area contributed by atoms with Gasteiger partial charge >= 0.3 is 0 Å².